The standard InChI is InChI=1S/C22H27F3N8O4SSi/c1-39(2,3)9-8-37-14-31-7-4-15-17(28-13-29-20(15)31)16-10-32(30-18(16)19(27)34)21(5-6-26)11-33(21)38(35,36)12-22(23,24)25/h4,7,10,13H,5,8-9,11-12,14H2,1-3H3,(H2,27,34). The normalized spacial score (nSPS) is 19.8. The lowest BCUT2D eigenvalue weighted by Gasteiger charge is -2.16. The maximum Gasteiger partial charge on any atom is 0.404 e. The number of nitrogens with two attached hydrogens (primary N) is 1. The lowest BCUT2D eigenvalue weighted by Crippen LogP contribution is -2.34. The highest BCUT2D eigenvalue weighted by atomic mass is 32.2. The Bertz CT molecular complexity index is 1560. The van der Waals surface area contributed by atoms with Crippen molar-refractivity contribution < 1.29 is 31.1 Å². The Morgan fingerprint density at radius 2 is 2.03 bits per heavy atom. The van der Waals surface area contributed by atoms with Crippen molar-refractivity contribution in [1.82, 2.24) is 28.6 Å². The lowest BCUT2D eigenvalue weighted by molar-refractivity contribution is -0.106. The Kier molecular flexibility index (Phi) is 7.36. The number of ether oxygens (including phenoxy) is 1. The van der Waals surface area contributed by atoms with Crippen LogP contribution < -0.4 is 5.73 Å². The average molecular weight is 585 g/mol. The first-order chi connectivity index (χ1) is 18.1. The van der Waals surface area contributed by atoms with Crippen molar-refractivity contribution in [2.24, 2.45) is 5.73 Å². The van der Waals surface area contributed by atoms with Gasteiger partial charge >= 0.3 is 6.18 Å². The second-order valence-corrected chi connectivity index (χ2v) is 18.0. The molecular formula is C22H27F3N8O4SSi. The van der Waals surface area contributed by atoms with Crippen LogP contribution >= 0.6 is 0 Å². The van der Waals surface area contributed by atoms with Gasteiger partial charge in [-0.05, 0) is 12.1 Å². The van der Waals surface area contributed by atoms with Gasteiger partial charge in [0.15, 0.2) is 17.1 Å². The molecule has 0 radical (unpaired) electrons. The van der Waals surface area contributed by atoms with Crippen molar-refractivity contribution in [2.45, 2.75) is 50.7 Å². The molecule has 2 atom stereocenters. The molecule has 12 nitrogen and oxygen atoms in total. The van der Waals surface area contributed by atoms with Gasteiger partial charge in [-0.3, -0.25) is 4.79 Å². The third kappa shape index (κ3) is 5.98. The van der Waals surface area contributed by atoms with Gasteiger partial charge < -0.3 is 15.0 Å². The molecule has 39 heavy (non-hydrogen) atoms. The number of sulfonamides is 1. The minimum Gasteiger partial charge on any atom is -0.364 e. The largest absolute Gasteiger partial charge is 0.404 e. The third-order valence-electron chi connectivity index (χ3n) is 6.21. The van der Waals surface area contributed by atoms with E-state index in [-0.39, 0.29) is 23.7 Å². The number of amides is 1. The number of primary amides is 1. The summed E-state index contributed by atoms with van der Waals surface area (Å²) < 4.78 is 72.7. The molecule has 4 rings (SSSR count). The molecule has 1 saturated heterocycles. The second kappa shape index (κ2) is 10.0. The van der Waals surface area contributed by atoms with Crippen molar-refractivity contribution in [2.75, 3.05) is 18.9 Å². The van der Waals surface area contributed by atoms with Crippen LogP contribution in [-0.4, -0.2) is 76.1 Å². The molecule has 1 aliphatic heterocycles. The van der Waals surface area contributed by atoms with Crippen molar-refractivity contribution in [3.63, 3.8) is 0 Å². The molecule has 1 amide bonds. The Balaban J connectivity index is 1.71. The Hall–Kier alpha value is -3.33. The zero-order valence-corrected chi connectivity index (χ0v) is 23.3. The zero-order valence-electron chi connectivity index (χ0n) is 21.4. The number of carbonyl (C=O) groups is 1. The topological polar surface area (TPSA) is 162 Å². The highest BCUT2D eigenvalue weighted by molar-refractivity contribution is 7.89. The van der Waals surface area contributed by atoms with Gasteiger partial charge in [-0.2, -0.15) is 27.8 Å². The summed E-state index contributed by atoms with van der Waals surface area (Å²) in [7, 11) is -6.10. The maximum atomic E-state index is 12.9. The van der Waals surface area contributed by atoms with Crippen molar-refractivity contribution in [1.29, 1.82) is 5.26 Å². The molecule has 3 aromatic rings. The fraction of sp³-hybridized carbons (Fsp3) is 0.500. The Morgan fingerprint density at radius 1 is 1.31 bits per heavy atom. The van der Waals surface area contributed by atoms with E-state index in [4.69, 9.17) is 10.5 Å². The van der Waals surface area contributed by atoms with Crippen LogP contribution in [0.2, 0.25) is 25.7 Å². The number of hydrogen-bond acceptors (Lipinski definition) is 8. The van der Waals surface area contributed by atoms with Gasteiger partial charge in [0.2, 0.25) is 10.0 Å². The van der Waals surface area contributed by atoms with E-state index in [1.165, 1.54) is 12.5 Å². The number of hydrogen-bond donors (Lipinski definition) is 1. The Morgan fingerprint density at radius 3 is 2.64 bits per heavy atom. The molecular weight excluding hydrogens is 557 g/mol. The van der Waals surface area contributed by atoms with E-state index in [9.17, 15) is 31.6 Å². The number of rotatable bonds is 11. The SMILES string of the molecule is C[Si](C)(C)CCOCn1ccc2c(-c3cn(C4(CC#N)CN4S(=O)(=O)CC(F)(F)F)nc3C(N)=O)ncnc21. The predicted molar refractivity (Wildman–Crippen MR) is 136 cm³/mol. The van der Waals surface area contributed by atoms with Crippen LogP contribution in [0.1, 0.15) is 16.9 Å². The quantitative estimate of drug-likeness (QED) is 0.204. The fourth-order valence-corrected chi connectivity index (χ4v) is 6.58. The lowest BCUT2D eigenvalue weighted by atomic mass is 10.1. The van der Waals surface area contributed by atoms with E-state index in [0.29, 0.717) is 21.9 Å². The number of halogens is 3. The van der Waals surface area contributed by atoms with E-state index < -0.39 is 54.6 Å². The number of nitriles is 1. The molecule has 2 N–H and O–H groups in total. The molecule has 2 unspecified atom stereocenters. The van der Waals surface area contributed by atoms with E-state index in [1.807, 2.05) is 0 Å². The Labute approximate surface area is 223 Å². The number of carbonyl (C=O) groups excluding carboxylic acids is 1. The first-order valence-corrected chi connectivity index (χ1v) is 17.1. The van der Waals surface area contributed by atoms with Crippen LogP contribution in [0.3, 0.4) is 0 Å². The molecule has 3 aromatic heterocycles. The maximum absolute atomic E-state index is 12.9. The van der Waals surface area contributed by atoms with Crippen molar-refractivity contribution >= 4 is 35.0 Å². The van der Waals surface area contributed by atoms with Gasteiger partial charge in [0.1, 0.15) is 18.7 Å². The average Bonchev–Trinajstić information content (AvgIpc) is 3.18. The molecule has 0 bridgehead atoms. The number of nitrogens with zero attached hydrogens (tertiary/aromatic N) is 7. The summed E-state index contributed by atoms with van der Waals surface area (Å²) in [5.74, 6) is -3.06. The molecule has 0 aliphatic carbocycles. The summed E-state index contributed by atoms with van der Waals surface area (Å²) in [6.45, 7) is 7.10. The summed E-state index contributed by atoms with van der Waals surface area (Å²) in [6, 6.07) is 4.48. The number of aromatic nitrogens is 5. The van der Waals surface area contributed by atoms with Gasteiger partial charge in [-0.1, -0.05) is 19.6 Å². The minimum absolute atomic E-state index is 0.115. The molecule has 210 valence electrons. The van der Waals surface area contributed by atoms with E-state index >= 15 is 0 Å². The summed E-state index contributed by atoms with van der Waals surface area (Å²) in [5, 5.41) is 14.0. The summed E-state index contributed by atoms with van der Waals surface area (Å²) in [6.07, 6.45) is -1.22. The predicted octanol–water partition coefficient (Wildman–Crippen LogP) is 2.48. The first kappa shape index (κ1) is 28.7. The molecule has 4 heterocycles. The minimum atomic E-state index is -4.98. The van der Waals surface area contributed by atoms with E-state index in [0.717, 1.165) is 10.7 Å². The summed E-state index contributed by atoms with van der Waals surface area (Å²) >= 11 is 0. The molecule has 0 saturated carbocycles. The molecule has 17 heteroatoms. The van der Waals surface area contributed by atoms with Crippen LogP contribution in [0.5, 0.6) is 0 Å². The van der Waals surface area contributed by atoms with E-state index in [1.54, 1.807) is 22.9 Å². The second-order valence-electron chi connectivity index (χ2n) is 10.5. The monoisotopic (exact) mass is 584 g/mol. The van der Waals surface area contributed by atoms with Crippen LogP contribution in [0.15, 0.2) is 24.8 Å². The van der Waals surface area contributed by atoms with Crippen molar-refractivity contribution in [3.8, 4) is 17.3 Å². The summed E-state index contributed by atoms with van der Waals surface area (Å²) in [5.41, 5.74) is 4.38. The van der Waals surface area contributed by atoms with Crippen LogP contribution in [0.4, 0.5) is 13.2 Å². The van der Waals surface area contributed by atoms with E-state index in [2.05, 4.69) is 34.7 Å². The number of alkyl halides is 3. The highest BCUT2D eigenvalue weighted by Crippen LogP contribution is 2.45. The fourth-order valence-electron chi connectivity index (χ4n) is 4.18. The van der Waals surface area contributed by atoms with Gasteiger partial charge in [0.05, 0.1) is 30.3 Å². The van der Waals surface area contributed by atoms with Crippen LogP contribution in [-0.2, 0) is 27.2 Å². The van der Waals surface area contributed by atoms with Crippen molar-refractivity contribution in [3.05, 3.63) is 30.5 Å². The smallest absolute Gasteiger partial charge is 0.364 e. The van der Waals surface area contributed by atoms with Gasteiger partial charge in [-0.25, -0.2) is 23.1 Å². The molecule has 1 aliphatic rings. The molecule has 0 spiro atoms. The highest BCUT2D eigenvalue weighted by Gasteiger charge is 2.62. The van der Waals surface area contributed by atoms with Gasteiger partial charge in [0, 0.05) is 32.5 Å². The zero-order chi connectivity index (χ0) is 28.8. The summed E-state index contributed by atoms with van der Waals surface area (Å²) in [4.78, 5) is 20.9. The number of fused-ring (bicyclic) bond motifs is 1. The first-order valence-electron chi connectivity index (χ1n) is 11.8. The van der Waals surface area contributed by atoms with Crippen LogP contribution in [0, 0.1) is 11.3 Å². The molecule has 1 fully saturated rings. The van der Waals surface area contributed by atoms with Crippen LogP contribution in [0.25, 0.3) is 22.3 Å². The third-order valence-corrected chi connectivity index (χ3v) is 9.75. The van der Waals surface area contributed by atoms with Gasteiger partial charge in [-0.15, -0.1) is 0 Å². The molecule has 0 aromatic carbocycles. The van der Waals surface area contributed by atoms with Gasteiger partial charge in [0.25, 0.3) is 5.91 Å².